The Kier molecular flexibility index (Phi) is 22.4. The fourth-order valence-electron chi connectivity index (χ4n) is 2.04. The van der Waals surface area contributed by atoms with E-state index in [9.17, 15) is 4.39 Å². The van der Waals surface area contributed by atoms with Gasteiger partial charge in [-0.2, -0.15) is 0 Å². The first-order valence-corrected chi connectivity index (χ1v) is 8.49. The number of hydrogen-bond donors (Lipinski definition) is 8. The third-order valence-electron chi connectivity index (χ3n) is 3.13. The number of nitrogens with one attached hydrogen (secondary N) is 2. The van der Waals surface area contributed by atoms with E-state index in [2.05, 4.69) is 10.6 Å². The maximum atomic E-state index is 12.5. The summed E-state index contributed by atoms with van der Waals surface area (Å²) in [4.78, 5) is 0. The molecular weight excluding hydrogens is 319 g/mol. The summed E-state index contributed by atoms with van der Waals surface area (Å²) in [6.45, 7) is 7.92. The van der Waals surface area contributed by atoms with Crippen molar-refractivity contribution in [1.82, 2.24) is 10.6 Å². The zero-order chi connectivity index (χ0) is 19.7. The van der Waals surface area contributed by atoms with Crippen molar-refractivity contribution >= 4 is 0 Å². The van der Waals surface area contributed by atoms with Crippen molar-refractivity contribution in [3.05, 3.63) is 0 Å². The maximum Gasteiger partial charge on any atom is 0.130 e. The third kappa shape index (κ3) is 12.0. The van der Waals surface area contributed by atoms with E-state index in [4.69, 9.17) is 31.9 Å². The molecule has 2 aliphatic heterocycles. The second-order valence-electron chi connectivity index (χ2n) is 4.69. The molecule has 2 rings (SSSR count). The predicted octanol–water partition coefficient (Wildman–Crippen LogP) is -1.39. The highest BCUT2D eigenvalue weighted by Crippen LogP contribution is 2.12. The van der Waals surface area contributed by atoms with Crippen LogP contribution in [0.3, 0.4) is 0 Å². The summed E-state index contributed by atoms with van der Waals surface area (Å²) >= 11 is 0. The van der Waals surface area contributed by atoms with E-state index in [1.165, 1.54) is 0 Å². The molecule has 2 heterocycles. The maximum absolute atomic E-state index is 12.5. The van der Waals surface area contributed by atoms with Crippen LogP contribution in [0.5, 0.6) is 0 Å². The normalized spacial score (nSPS) is 33.5. The molecule has 0 aromatic rings. The molecule has 0 aromatic heterocycles. The summed E-state index contributed by atoms with van der Waals surface area (Å²) < 4.78 is 12.5. The van der Waals surface area contributed by atoms with Gasteiger partial charge >= 0.3 is 0 Å². The molecule has 9 heteroatoms. The molecule has 2 aliphatic rings. The van der Waals surface area contributed by atoms with Crippen LogP contribution in [0.1, 0.15) is 40.5 Å². The third-order valence-corrected chi connectivity index (χ3v) is 3.13. The van der Waals surface area contributed by atoms with Crippen LogP contribution in [0.2, 0.25) is 0 Å². The van der Waals surface area contributed by atoms with Crippen molar-refractivity contribution in [3.63, 3.8) is 0 Å². The van der Waals surface area contributed by atoms with Crippen molar-refractivity contribution in [2.45, 2.75) is 77.2 Å². The van der Waals surface area contributed by atoms with Crippen LogP contribution >= 0.6 is 0 Å². The molecule has 0 saturated carbocycles. The highest BCUT2D eigenvalue weighted by atomic mass is 19.1. The summed E-state index contributed by atoms with van der Waals surface area (Å²) in [6.07, 6.45) is -1.35. The van der Waals surface area contributed by atoms with E-state index in [0.717, 1.165) is 7.11 Å². The molecule has 0 radical (unpaired) electrons. The first kappa shape index (κ1) is 28.4. The molecule has 0 spiro atoms. The van der Waals surface area contributed by atoms with Gasteiger partial charge in [0.15, 0.2) is 0 Å². The van der Waals surface area contributed by atoms with Gasteiger partial charge in [0.25, 0.3) is 0 Å². The lowest BCUT2D eigenvalue weighted by Gasteiger charge is -2.09. The minimum Gasteiger partial charge on any atom is -0.400 e. The SMILES string of the molecule is CC.CC.CO.NC1CC(O)C(CO)N1.NC1NC(CO)CC1F. The lowest BCUT2D eigenvalue weighted by Crippen LogP contribution is -2.40. The van der Waals surface area contributed by atoms with E-state index in [0.29, 0.717) is 12.8 Å². The second kappa shape index (κ2) is 18.9. The van der Waals surface area contributed by atoms with Crippen molar-refractivity contribution in [2.75, 3.05) is 20.3 Å². The molecule has 6 unspecified atom stereocenters. The summed E-state index contributed by atoms with van der Waals surface area (Å²) in [5, 5.41) is 38.7. The lowest BCUT2D eigenvalue weighted by atomic mass is 10.2. The molecule has 0 bridgehead atoms. The smallest absolute Gasteiger partial charge is 0.130 e. The Labute approximate surface area is 145 Å². The van der Waals surface area contributed by atoms with E-state index in [-0.39, 0.29) is 31.5 Å². The number of rotatable bonds is 2. The van der Waals surface area contributed by atoms with Crippen LogP contribution in [0, 0.1) is 0 Å². The monoisotopic (exact) mass is 358 g/mol. The Morgan fingerprint density at radius 3 is 1.62 bits per heavy atom. The fourth-order valence-corrected chi connectivity index (χ4v) is 2.04. The Balaban J connectivity index is -0.000000281. The topological polar surface area (TPSA) is 157 Å². The standard InChI is InChI=1S/C5H11FN2O.C5H12N2O2.2C2H6.CH4O/c6-4-1-3(2-9)8-5(4)7;6-5-1-4(9)3(2-8)7-5;3*1-2/h3-5,8-9H,1-2,7H2;3-5,7-9H,1-2,6H2;2*1-2H3;2H,1H3. The predicted molar refractivity (Wildman–Crippen MR) is 94.9 cm³/mol. The summed E-state index contributed by atoms with van der Waals surface area (Å²) in [5.74, 6) is 0. The van der Waals surface area contributed by atoms with E-state index < -0.39 is 18.4 Å². The number of alkyl halides is 1. The molecule has 150 valence electrons. The fraction of sp³-hybridized carbons (Fsp3) is 1.00. The summed E-state index contributed by atoms with van der Waals surface area (Å²) in [5.41, 5.74) is 10.7. The number of nitrogens with two attached hydrogens (primary N) is 2. The van der Waals surface area contributed by atoms with Crippen LogP contribution in [-0.2, 0) is 0 Å². The van der Waals surface area contributed by atoms with Crippen LogP contribution in [-0.4, -0.2) is 77.4 Å². The molecule has 8 nitrogen and oxygen atoms in total. The number of halogens is 1. The van der Waals surface area contributed by atoms with Gasteiger partial charge in [0.1, 0.15) is 6.17 Å². The van der Waals surface area contributed by atoms with Crippen molar-refractivity contribution < 1.29 is 24.8 Å². The first-order valence-electron chi connectivity index (χ1n) is 8.49. The minimum absolute atomic E-state index is 0.0336. The molecule has 2 fully saturated rings. The van der Waals surface area contributed by atoms with Gasteiger partial charge in [0, 0.05) is 19.6 Å². The highest BCUT2D eigenvalue weighted by Gasteiger charge is 2.30. The average Bonchev–Trinajstić information content (AvgIpc) is 3.14. The van der Waals surface area contributed by atoms with Gasteiger partial charge in [0.05, 0.1) is 37.7 Å². The molecular formula is C15H39FN4O4. The van der Waals surface area contributed by atoms with E-state index in [1.807, 2.05) is 27.7 Å². The Morgan fingerprint density at radius 1 is 0.958 bits per heavy atom. The second-order valence-corrected chi connectivity index (χ2v) is 4.69. The summed E-state index contributed by atoms with van der Waals surface area (Å²) in [7, 11) is 1.00. The van der Waals surface area contributed by atoms with Gasteiger partial charge < -0.3 is 31.9 Å². The largest absolute Gasteiger partial charge is 0.400 e. The highest BCUT2D eigenvalue weighted by molar-refractivity contribution is 4.87. The van der Waals surface area contributed by atoms with Crippen molar-refractivity contribution in [1.29, 1.82) is 0 Å². The van der Waals surface area contributed by atoms with Crippen LogP contribution < -0.4 is 22.1 Å². The number of aliphatic hydroxyl groups excluding tert-OH is 4. The minimum atomic E-state index is -0.998. The van der Waals surface area contributed by atoms with E-state index >= 15 is 0 Å². The van der Waals surface area contributed by atoms with Gasteiger partial charge in [-0.05, 0) is 6.42 Å². The van der Waals surface area contributed by atoms with Gasteiger partial charge in [-0.25, -0.2) is 4.39 Å². The molecule has 6 atom stereocenters. The van der Waals surface area contributed by atoms with Crippen molar-refractivity contribution in [3.8, 4) is 0 Å². The number of hydrogen-bond acceptors (Lipinski definition) is 8. The molecule has 10 N–H and O–H groups in total. The van der Waals surface area contributed by atoms with Gasteiger partial charge in [-0.3, -0.25) is 10.6 Å². The van der Waals surface area contributed by atoms with Crippen LogP contribution in [0.25, 0.3) is 0 Å². The lowest BCUT2D eigenvalue weighted by molar-refractivity contribution is 0.121. The zero-order valence-electron chi connectivity index (χ0n) is 15.6. The van der Waals surface area contributed by atoms with Gasteiger partial charge in [0.2, 0.25) is 0 Å². The molecule has 2 saturated heterocycles. The first-order chi connectivity index (χ1) is 11.5. The van der Waals surface area contributed by atoms with Crippen LogP contribution in [0.4, 0.5) is 4.39 Å². The zero-order valence-corrected chi connectivity index (χ0v) is 15.6. The number of aliphatic hydroxyl groups is 4. The van der Waals surface area contributed by atoms with Gasteiger partial charge in [-0.1, -0.05) is 27.7 Å². The van der Waals surface area contributed by atoms with Gasteiger partial charge in [-0.15, -0.1) is 0 Å². The Hall–Kier alpha value is -0.390. The van der Waals surface area contributed by atoms with E-state index in [1.54, 1.807) is 0 Å². The van der Waals surface area contributed by atoms with Crippen LogP contribution in [0.15, 0.2) is 0 Å². The molecule has 24 heavy (non-hydrogen) atoms. The molecule has 0 aromatic carbocycles. The molecule has 0 amide bonds. The quantitative estimate of drug-likeness (QED) is 0.300. The summed E-state index contributed by atoms with van der Waals surface area (Å²) in [6, 6.07) is -0.366. The Bertz CT molecular complexity index is 246. The molecule has 0 aliphatic carbocycles. The average molecular weight is 358 g/mol. The Morgan fingerprint density at radius 2 is 1.46 bits per heavy atom. The van der Waals surface area contributed by atoms with Crippen molar-refractivity contribution in [2.24, 2.45) is 11.5 Å².